The van der Waals surface area contributed by atoms with Gasteiger partial charge >= 0.3 is 0 Å². The van der Waals surface area contributed by atoms with Crippen molar-refractivity contribution >= 4 is 5.91 Å². The Kier molecular flexibility index (Phi) is 5.04. The minimum absolute atomic E-state index is 0.325. The van der Waals surface area contributed by atoms with E-state index < -0.39 is 5.54 Å². The molecule has 2 fully saturated rings. The van der Waals surface area contributed by atoms with Gasteiger partial charge < -0.3 is 4.90 Å². The molecule has 1 aliphatic heterocycles. The molecular weight excluding hydrogens is 250 g/mol. The van der Waals surface area contributed by atoms with Gasteiger partial charge in [-0.05, 0) is 32.6 Å². The number of nitriles is 1. The van der Waals surface area contributed by atoms with Crippen molar-refractivity contribution in [2.75, 3.05) is 26.2 Å². The van der Waals surface area contributed by atoms with E-state index in [4.69, 9.17) is 5.26 Å². The molecule has 0 spiro atoms. The second-order valence-corrected chi connectivity index (χ2v) is 6.75. The summed E-state index contributed by atoms with van der Waals surface area (Å²) in [5.74, 6) is 0.941. The first-order chi connectivity index (χ1) is 9.53. The van der Waals surface area contributed by atoms with E-state index in [1.165, 1.54) is 32.1 Å². The fraction of sp³-hybridized carbons (Fsp3) is 0.875. The van der Waals surface area contributed by atoms with Crippen LogP contribution in [0.15, 0.2) is 0 Å². The van der Waals surface area contributed by atoms with Gasteiger partial charge in [0.25, 0.3) is 0 Å². The van der Waals surface area contributed by atoms with E-state index in [9.17, 15) is 4.79 Å². The topological polar surface area (TPSA) is 47.3 Å². The van der Waals surface area contributed by atoms with Crippen LogP contribution < -0.4 is 0 Å². The molecule has 1 heterocycles. The van der Waals surface area contributed by atoms with Crippen LogP contribution in [0, 0.1) is 17.2 Å². The number of carbonyl (C=O) groups is 1. The Balaban J connectivity index is 1.78. The van der Waals surface area contributed by atoms with Gasteiger partial charge in [0.2, 0.25) is 5.91 Å². The van der Waals surface area contributed by atoms with Crippen LogP contribution in [0.5, 0.6) is 0 Å². The number of amides is 1. The Morgan fingerprint density at radius 1 is 1.15 bits per heavy atom. The van der Waals surface area contributed by atoms with Gasteiger partial charge in [0.05, 0.1) is 6.07 Å². The lowest BCUT2D eigenvalue weighted by molar-refractivity contribution is -0.134. The molecule has 112 valence electrons. The molecule has 4 nitrogen and oxygen atoms in total. The summed E-state index contributed by atoms with van der Waals surface area (Å²) in [4.78, 5) is 16.5. The summed E-state index contributed by atoms with van der Waals surface area (Å²) in [7, 11) is 0. The Labute approximate surface area is 122 Å². The van der Waals surface area contributed by atoms with Gasteiger partial charge in [-0.2, -0.15) is 5.26 Å². The molecule has 0 aromatic carbocycles. The zero-order chi connectivity index (χ0) is 14.6. The Morgan fingerprint density at radius 3 is 2.30 bits per heavy atom. The van der Waals surface area contributed by atoms with E-state index >= 15 is 0 Å². The van der Waals surface area contributed by atoms with Crippen molar-refractivity contribution in [1.82, 2.24) is 9.80 Å². The molecule has 0 N–H and O–H groups in total. The van der Waals surface area contributed by atoms with E-state index in [1.54, 1.807) is 0 Å². The highest BCUT2D eigenvalue weighted by Crippen LogP contribution is 2.27. The number of rotatable bonds is 3. The minimum Gasteiger partial charge on any atom is -0.340 e. The molecule has 4 heteroatoms. The van der Waals surface area contributed by atoms with E-state index in [1.807, 2.05) is 18.7 Å². The standard InChI is InChI=1S/C16H27N3O/c1-16(2,13-17)19-10-8-18(9-11-19)15(20)12-14-6-4-3-5-7-14/h14H,3-12H2,1-2H3. The van der Waals surface area contributed by atoms with Crippen LogP contribution in [0.2, 0.25) is 0 Å². The lowest BCUT2D eigenvalue weighted by atomic mass is 9.86. The number of carbonyl (C=O) groups excluding carboxylic acids is 1. The lowest BCUT2D eigenvalue weighted by Gasteiger charge is -2.40. The van der Waals surface area contributed by atoms with Crippen LogP contribution in [0.3, 0.4) is 0 Å². The van der Waals surface area contributed by atoms with Gasteiger partial charge in [0.15, 0.2) is 0 Å². The fourth-order valence-electron chi connectivity index (χ4n) is 3.35. The Morgan fingerprint density at radius 2 is 1.75 bits per heavy atom. The maximum atomic E-state index is 12.3. The largest absolute Gasteiger partial charge is 0.340 e. The maximum absolute atomic E-state index is 12.3. The molecule has 1 aliphatic carbocycles. The molecule has 0 unspecified atom stereocenters. The SMILES string of the molecule is CC(C)(C#N)N1CCN(C(=O)CC2CCCCC2)CC1. The van der Waals surface area contributed by atoms with Crippen molar-refractivity contribution < 1.29 is 4.79 Å². The third kappa shape index (κ3) is 3.73. The fourth-order valence-corrected chi connectivity index (χ4v) is 3.35. The summed E-state index contributed by atoms with van der Waals surface area (Å²) in [5.41, 5.74) is -0.418. The molecule has 1 saturated heterocycles. The molecule has 2 aliphatic rings. The second-order valence-electron chi connectivity index (χ2n) is 6.75. The third-order valence-electron chi connectivity index (χ3n) is 4.88. The van der Waals surface area contributed by atoms with Crippen molar-refractivity contribution in [2.24, 2.45) is 5.92 Å². The van der Waals surface area contributed by atoms with Crippen molar-refractivity contribution in [1.29, 1.82) is 5.26 Å². The monoisotopic (exact) mass is 277 g/mol. The summed E-state index contributed by atoms with van der Waals surface area (Å²) in [6.45, 7) is 7.08. The molecule has 0 bridgehead atoms. The normalized spacial score (nSPS) is 22.6. The quantitative estimate of drug-likeness (QED) is 0.796. The molecule has 0 aromatic rings. The minimum atomic E-state index is -0.418. The van der Waals surface area contributed by atoms with Gasteiger partial charge in [0.1, 0.15) is 5.54 Å². The van der Waals surface area contributed by atoms with Crippen molar-refractivity contribution in [3.8, 4) is 6.07 Å². The van der Waals surface area contributed by atoms with Crippen molar-refractivity contribution in [2.45, 2.75) is 57.9 Å². The lowest BCUT2D eigenvalue weighted by Crippen LogP contribution is -2.55. The second kappa shape index (κ2) is 6.58. The molecule has 2 rings (SSSR count). The smallest absolute Gasteiger partial charge is 0.222 e. The van der Waals surface area contributed by atoms with Crippen molar-refractivity contribution in [3.05, 3.63) is 0 Å². The molecular formula is C16H27N3O. The van der Waals surface area contributed by atoms with Gasteiger partial charge in [-0.15, -0.1) is 0 Å². The van der Waals surface area contributed by atoms with Crippen molar-refractivity contribution in [3.63, 3.8) is 0 Å². The third-order valence-corrected chi connectivity index (χ3v) is 4.88. The van der Waals surface area contributed by atoms with Crippen LogP contribution in [0.4, 0.5) is 0 Å². The summed E-state index contributed by atoms with van der Waals surface area (Å²) in [6.07, 6.45) is 7.12. The highest BCUT2D eigenvalue weighted by atomic mass is 16.2. The Hall–Kier alpha value is -1.08. The predicted octanol–water partition coefficient (Wildman–Crippen LogP) is 2.40. The predicted molar refractivity (Wildman–Crippen MR) is 79.0 cm³/mol. The summed E-state index contributed by atoms with van der Waals surface area (Å²) in [6, 6.07) is 2.34. The summed E-state index contributed by atoms with van der Waals surface area (Å²) in [5, 5.41) is 9.17. The van der Waals surface area contributed by atoms with Crippen LogP contribution in [0.1, 0.15) is 52.4 Å². The van der Waals surface area contributed by atoms with Gasteiger partial charge in [-0.25, -0.2) is 0 Å². The maximum Gasteiger partial charge on any atom is 0.222 e. The van der Waals surface area contributed by atoms with Crippen LogP contribution >= 0.6 is 0 Å². The van der Waals surface area contributed by atoms with E-state index in [0.29, 0.717) is 11.8 Å². The molecule has 1 amide bonds. The number of hydrogen-bond acceptors (Lipinski definition) is 3. The number of nitrogens with zero attached hydrogens (tertiary/aromatic N) is 3. The Bertz CT molecular complexity index is 372. The number of piperazine rings is 1. The number of hydrogen-bond donors (Lipinski definition) is 0. The summed E-state index contributed by atoms with van der Waals surface area (Å²) < 4.78 is 0. The molecule has 0 aromatic heterocycles. The average molecular weight is 277 g/mol. The summed E-state index contributed by atoms with van der Waals surface area (Å²) >= 11 is 0. The van der Waals surface area contributed by atoms with E-state index in [0.717, 1.165) is 32.6 Å². The van der Waals surface area contributed by atoms with E-state index in [-0.39, 0.29) is 0 Å². The van der Waals surface area contributed by atoms with Crippen LogP contribution in [-0.4, -0.2) is 47.4 Å². The van der Waals surface area contributed by atoms with Gasteiger partial charge in [-0.1, -0.05) is 19.3 Å². The zero-order valence-corrected chi connectivity index (χ0v) is 12.9. The van der Waals surface area contributed by atoms with E-state index in [2.05, 4.69) is 11.0 Å². The first-order valence-electron chi connectivity index (χ1n) is 7.97. The van der Waals surface area contributed by atoms with Crippen LogP contribution in [-0.2, 0) is 4.79 Å². The molecule has 0 radical (unpaired) electrons. The first kappa shape index (κ1) is 15.3. The molecule has 0 atom stereocenters. The average Bonchev–Trinajstić information content (AvgIpc) is 2.48. The highest BCUT2D eigenvalue weighted by molar-refractivity contribution is 5.76. The molecule has 1 saturated carbocycles. The molecule has 20 heavy (non-hydrogen) atoms. The zero-order valence-electron chi connectivity index (χ0n) is 12.9. The van der Waals surface area contributed by atoms with Gasteiger partial charge in [0, 0.05) is 32.6 Å². The van der Waals surface area contributed by atoms with Gasteiger partial charge in [-0.3, -0.25) is 9.69 Å². The highest BCUT2D eigenvalue weighted by Gasteiger charge is 2.31. The first-order valence-corrected chi connectivity index (χ1v) is 7.97. The van der Waals surface area contributed by atoms with Crippen LogP contribution in [0.25, 0.3) is 0 Å².